The molecule has 0 amide bonds. The number of thiazole rings is 1. The Labute approximate surface area is 212 Å². The van der Waals surface area contributed by atoms with E-state index >= 15 is 0 Å². The molecule has 0 radical (unpaired) electrons. The Hall–Kier alpha value is -3.75. The van der Waals surface area contributed by atoms with Gasteiger partial charge in [-0.05, 0) is 42.0 Å². The molecule has 1 N–H and O–H groups in total. The van der Waals surface area contributed by atoms with Gasteiger partial charge in [0.2, 0.25) is 5.13 Å². The average Bonchev–Trinajstić information content (AvgIpc) is 3.52. The van der Waals surface area contributed by atoms with Gasteiger partial charge in [-0.25, -0.2) is 14.8 Å². The number of anilines is 1. The molecule has 3 aromatic carbocycles. The quantitative estimate of drug-likeness (QED) is 0.254. The Morgan fingerprint density at radius 3 is 2.60 bits per heavy atom. The highest BCUT2D eigenvalue weighted by molar-refractivity contribution is 9.10. The van der Waals surface area contributed by atoms with Crippen molar-refractivity contribution in [1.82, 2.24) is 4.98 Å². The van der Waals surface area contributed by atoms with Crippen molar-refractivity contribution in [1.29, 1.82) is 0 Å². The summed E-state index contributed by atoms with van der Waals surface area (Å²) >= 11 is 4.97. The number of hydrazone groups is 1. The van der Waals surface area contributed by atoms with Crippen molar-refractivity contribution in [2.45, 2.75) is 12.5 Å². The zero-order valence-electron chi connectivity index (χ0n) is 18.3. The van der Waals surface area contributed by atoms with Crippen LogP contribution in [0.1, 0.15) is 23.6 Å². The molecule has 2 aromatic heterocycles. The molecule has 0 spiro atoms. The van der Waals surface area contributed by atoms with Crippen LogP contribution in [0.2, 0.25) is 0 Å². The summed E-state index contributed by atoms with van der Waals surface area (Å²) in [6.45, 7) is 0. The molecule has 1 unspecified atom stereocenters. The Balaban J connectivity index is 1.43. The van der Waals surface area contributed by atoms with E-state index < -0.39 is 5.63 Å². The summed E-state index contributed by atoms with van der Waals surface area (Å²) in [7, 11) is 0. The number of rotatable bonds is 4. The van der Waals surface area contributed by atoms with Crippen molar-refractivity contribution >= 4 is 49.1 Å². The fraction of sp³-hybridized carbons (Fsp3) is 0.0741. The third-order valence-electron chi connectivity index (χ3n) is 5.97. The number of aromatic hydroxyl groups is 1. The molecule has 6 nitrogen and oxygen atoms in total. The molecule has 0 fully saturated rings. The largest absolute Gasteiger partial charge is 0.508 e. The molecule has 3 heterocycles. The number of hydrogen-bond acceptors (Lipinski definition) is 7. The van der Waals surface area contributed by atoms with Crippen LogP contribution in [-0.4, -0.2) is 15.8 Å². The van der Waals surface area contributed by atoms with Gasteiger partial charge in [0.1, 0.15) is 11.3 Å². The number of aromatic nitrogens is 1. The first-order valence-corrected chi connectivity index (χ1v) is 12.6. The molecule has 0 saturated heterocycles. The topological polar surface area (TPSA) is 78.9 Å². The first-order chi connectivity index (χ1) is 17.0. The lowest BCUT2D eigenvalue weighted by Crippen LogP contribution is -2.18. The van der Waals surface area contributed by atoms with Crippen LogP contribution >= 0.6 is 27.3 Å². The third-order valence-corrected chi connectivity index (χ3v) is 7.33. The number of para-hydroxylation sites is 1. The maximum Gasteiger partial charge on any atom is 0.345 e. The number of hydrogen-bond donors (Lipinski definition) is 1. The van der Waals surface area contributed by atoms with E-state index in [1.165, 1.54) is 11.3 Å². The lowest BCUT2D eigenvalue weighted by atomic mass is 9.99. The van der Waals surface area contributed by atoms with Gasteiger partial charge in [0.15, 0.2) is 0 Å². The van der Waals surface area contributed by atoms with Gasteiger partial charge in [0, 0.05) is 27.2 Å². The molecule has 0 saturated carbocycles. The second kappa shape index (κ2) is 8.79. The van der Waals surface area contributed by atoms with Crippen molar-refractivity contribution < 1.29 is 9.52 Å². The summed E-state index contributed by atoms with van der Waals surface area (Å²) in [5, 5.41) is 20.1. The molecular weight excluding hydrogens is 526 g/mol. The van der Waals surface area contributed by atoms with E-state index in [1.54, 1.807) is 18.2 Å². The number of nitrogens with zero attached hydrogens (tertiary/aromatic N) is 3. The van der Waals surface area contributed by atoms with E-state index in [-0.39, 0.29) is 11.8 Å². The molecular formula is C27H18BrN3O3S. The zero-order chi connectivity index (χ0) is 23.9. The van der Waals surface area contributed by atoms with Crippen molar-refractivity contribution in [2.75, 3.05) is 5.01 Å². The Morgan fingerprint density at radius 2 is 1.80 bits per heavy atom. The van der Waals surface area contributed by atoms with Crippen molar-refractivity contribution in [3.63, 3.8) is 0 Å². The van der Waals surface area contributed by atoms with Gasteiger partial charge < -0.3 is 9.52 Å². The number of phenols is 1. The fourth-order valence-corrected chi connectivity index (χ4v) is 5.29. The Kier molecular flexibility index (Phi) is 5.47. The minimum atomic E-state index is -0.413. The standard InChI is InChI=1S/C27H18BrN3O3S/c28-19-9-5-16(6-10-19)23-15-35-27(29-23)31-24(17-7-11-20(32)12-8-17)14-22(30-31)21-13-18-3-1-2-4-25(18)34-26(21)33/h1-13,15,24,32H,14H2. The van der Waals surface area contributed by atoms with Crippen LogP contribution in [0.5, 0.6) is 5.75 Å². The Morgan fingerprint density at radius 1 is 1.03 bits per heavy atom. The second-order valence-corrected chi connectivity index (χ2v) is 9.96. The highest BCUT2D eigenvalue weighted by Gasteiger charge is 2.33. The lowest BCUT2D eigenvalue weighted by Gasteiger charge is -2.21. The minimum Gasteiger partial charge on any atom is -0.508 e. The molecule has 1 aliphatic heterocycles. The summed E-state index contributed by atoms with van der Waals surface area (Å²) in [6.07, 6.45) is 0.501. The molecule has 1 atom stereocenters. The molecule has 1 aliphatic rings. The first kappa shape index (κ1) is 21.8. The third kappa shape index (κ3) is 4.15. The molecule has 35 heavy (non-hydrogen) atoms. The average molecular weight is 544 g/mol. The number of phenolic OH excluding ortho intramolecular Hbond substituents is 1. The summed E-state index contributed by atoms with van der Waals surface area (Å²) in [4.78, 5) is 17.7. The van der Waals surface area contributed by atoms with Crippen molar-refractivity contribution in [3.8, 4) is 17.0 Å². The normalized spacial score (nSPS) is 15.5. The summed E-state index contributed by atoms with van der Waals surface area (Å²) in [5.74, 6) is 0.196. The molecule has 0 aliphatic carbocycles. The highest BCUT2D eigenvalue weighted by atomic mass is 79.9. The van der Waals surface area contributed by atoms with Gasteiger partial charge in [0.25, 0.3) is 0 Å². The molecule has 0 bridgehead atoms. The van der Waals surface area contributed by atoms with Gasteiger partial charge in [-0.2, -0.15) is 5.10 Å². The predicted molar refractivity (Wildman–Crippen MR) is 142 cm³/mol. The zero-order valence-corrected chi connectivity index (χ0v) is 20.7. The maximum atomic E-state index is 12.9. The maximum absolute atomic E-state index is 12.9. The van der Waals surface area contributed by atoms with Gasteiger partial charge in [0.05, 0.1) is 23.0 Å². The second-order valence-electron chi connectivity index (χ2n) is 8.21. The molecule has 8 heteroatoms. The van der Waals surface area contributed by atoms with Crippen molar-refractivity contribution in [2.24, 2.45) is 5.10 Å². The van der Waals surface area contributed by atoms with Crippen LogP contribution in [0, 0.1) is 0 Å². The summed E-state index contributed by atoms with van der Waals surface area (Å²) in [6, 6.07) is 24.2. The summed E-state index contributed by atoms with van der Waals surface area (Å²) in [5.41, 5.74) is 4.05. The highest BCUT2D eigenvalue weighted by Crippen LogP contribution is 2.39. The van der Waals surface area contributed by atoms with Crippen LogP contribution in [0.3, 0.4) is 0 Å². The minimum absolute atomic E-state index is 0.180. The molecule has 6 rings (SSSR count). The molecule has 5 aromatic rings. The number of fused-ring (bicyclic) bond motifs is 1. The monoisotopic (exact) mass is 543 g/mol. The SMILES string of the molecule is O=c1oc2ccccc2cc1C1=NN(c2nc(-c3ccc(Br)cc3)cs2)C(c2ccc(O)cc2)C1. The van der Waals surface area contributed by atoms with E-state index in [4.69, 9.17) is 14.5 Å². The summed E-state index contributed by atoms with van der Waals surface area (Å²) < 4.78 is 6.58. The first-order valence-electron chi connectivity index (χ1n) is 11.0. The van der Waals surface area contributed by atoms with E-state index in [0.717, 1.165) is 31.8 Å². The van der Waals surface area contributed by atoms with E-state index in [0.29, 0.717) is 23.3 Å². The van der Waals surface area contributed by atoms with Gasteiger partial charge in [-0.1, -0.05) is 58.4 Å². The van der Waals surface area contributed by atoms with Gasteiger partial charge >= 0.3 is 5.63 Å². The van der Waals surface area contributed by atoms with Crippen LogP contribution in [0.15, 0.2) is 103 Å². The number of halogens is 1. The van der Waals surface area contributed by atoms with Crippen LogP contribution in [0.25, 0.3) is 22.2 Å². The molecule has 172 valence electrons. The van der Waals surface area contributed by atoms with Crippen LogP contribution in [0.4, 0.5) is 5.13 Å². The van der Waals surface area contributed by atoms with E-state index in [9.17, 15) is 9.90 Å². The van der Waals surface area contributed by atoms with Crippen LogP contribution in [-0.2, 0) is 0 Å². The Bertz CT molecular complexity index is 1620. The van der Waals surface area contributed by atoms with E-state index in [1.807, 2.05) is 71.1 Å². The fourth-order valence-electron chi connectivity index (χ4n) is 4.19. The van der Waals surface area contributed by atoms with Gasteiger partial charge in [-0.3, -0.25) is 0 Å². The van der Waals surface area contributed by atoms with E-state index in [2.05, 4.69) is 15.9 Å². The smallest absolute Gasteiger partial charge is 0.345 e. The van der Waals surface area contributed by atoms with Crippen molar-refractivity contribution in [3.05, 3.63) is 110 Å². The van der Waals surface area contributed by atoms with Gasteiger partial charge in [-0.15, -0.1) is 11.3 Å². The lowest BCUT2D eigenvalue weighted by molar-refractivity contribution is 0.475. The predicted octanol–water partition coefficient (Wildman–Crippen LogP) is 6.74. The number of benzene rings is 3. The van der Waals surface area contributed by atoms with Crippen LogP contribution < -0.4 is 10.6 Å².